The molecule has 5 heteroatoms. The molecule has 0 spiro atoms. The van der Waals surface area contributed by atoms with Crippen LogP contribution in [0.3, 0.4) is 0 Å². The van der Waals surface area contributed by atoms with Crippen LogP contribution in [0.1, 0.15) is 10.5 Å². The fourth-order valence-electron chi connectivity index (χ4n) is 2.00. The molecule has 0 fully saturated rings. The second-order valence-corrected chi connectivity index (χ2v) is 5.44. The zero-order chi connectivity index (χ0) is 14.8. The number of rotatable bonds is 2. The first-order valence-corrected chi connectivity index (χ1v) is 7.03. The van der Waals surface area contributed by atoms with E-state index in [-0.39, 0.29) is 11.6 Å². The molecule has 0 aliphatic carbocycles. The number of aromatic nitrogens is 1. The predicted octanol–water partition coefficient (Wildman–Crippen LogP) is 4.39. The van der Waals surface area contributed by atoms with Crippen molar-refractivity contribution in [3.8, 4) is 0 Å². The summed E-state index contributed by atoms with van der Waals surface area (Å²) in [4.78, 5) is 16.3. The minimum Gasteiger partial charge on any atom is -0.321 e. The Morgan fingerprint density at radius 2 is 1.95 bits per heavy atom. The van der Waals surface area contributed by atoms with E-state index < -0.39 is 5.82 Å². The second kappa shape index (κ2) is 5.61. The van der Waals surface area contributed by atoms with Gasteiger partial charge in [-0.2, -0.15) is 0 Å². The lowest BCUT2D eigenvalue weighted by molar-refractivity contribution is 0.102. The summed E-state index contributed by atoms with van der Waals surface area (Å²) in [5.74, 6) is -0.769. The average Bonchev–Trinajstić information content (AvgIpc) is 2.46. The monoisotopic (exact) mass is 344 g/mol. The van der Waals surface area contributed by atoms with Gasteiger partial charge >= 0.3 is 0 Å². The molecule has 3 nitrogen and oxygen atoms in total. The molecule has 0 aliphatic rings. The van der Waals surface area contributed by atoms with Gasteiger partial charge in [0.1, 0.15) is 11.5 Å². The van der Waals surface area contributed by atoms with Gasteiger partial charge in [-0.05, 0) is 41.8 Å². The molecule has 1 aromatic heterocycles. The van der Waals surface area contributed by atoms with Gasteiger partial charge in [0.25, 0.3) is 5.91 Å². The van der Waals surface area contributed by atoms with Gasteiger partial charge in [0.05, 0.1) is 0 Å². The maximum atomic E-state index is 13.1. The van der Waals surface area contributed by atoms with E-state index in [1.807, 2.05) is 18.2 Å². The van der Waals surface area contributed by atoms with Crippen LogP contribution in [0.15, 0.2) is 59.2 Å². The number of carbonyl (C=O) groups excluding carboxylic acids is 1. The minimum absolute atomic E-state index is 0.286. The van der Waals surface area contributed by atoms with Gasteiger partial charge in [0.2, 0.25) is 0 Å². The van der Waals surface area contributed by atoms with Crippen molar-refractivity contribution in [2.45, 2.75) is 0 Å². The van der Waals surface area contributed by atoms with Crippen LogP contribution in [0.4, 0.5) is 10.1 Å². The van der Waals surface area contributed by atoms with Crippen LogP contribution in [0.25, 0.3) is 10.8 Å². The van der Waals surface area contributed by atoms with Gasteiger partial charge in [-0.3, -0.25) is 9.78 Å². The Morgan fingerprint density at radius 3 is 2.76 bits per heavy atom. The number of pyridine rings is 1. The Balaban J connectivity index is 1.89. The minimum atomic E-state index is -0.399. The van der Waals surface area contributed by atoms with Crippen molar-refractivity contribution in [3.05, 3.63) is 70.7 Å². The molecule has 2 aromatic carbocycles. The number of amides is 1. The van der Waals surface area contributed by atoms with Crippen molar-refractivity contribution in [1.29, 1.82) is 0 Å². The van der Waals surface area contributed by atoms with Gasteiger partial charge in [-0.1, -0.05) is 28.1 Å². The van der Waals surface area contributed by atoms with Gasteiger partial charge in [-0.15, -0.1) is 0 Å². The smallest absolute Gasteiger partial charge is 0.274 e. The van der Waals surface area contributed by atoms with E-state index in [9.17, 15) is 9.18 Å². The molecule has 0 bridgehead atoms. The zero-order valence-electron chi connectivity index (χ0n) is 10.8. The first kappa shape index (κ1) is 13.7. The SMILES string of the molecule is O=C(Nc1cccc(F)c1)c1cc2ccc(Br)cc2cn1. The summed E-state index contributed by atoms with van der Waals surface area (Å²) in [5.41, 5.74) is 0.687. The van der Waals surface area contributed by atoms with Crippen LogP contribution in [-0.2, 0) is 0 Å². The molecule has 0 saturated carbocycles. The van der Waals surface area contributed by atoms with E-state index in [1.165, 1.54) is 18.2 Å². The van der Waals surface area contributed by atoms with Crippen molar-refractivity contribution in [3.63, 3.8) is 0 Å². The number of nitrogens with one attached hydrogen (secondary N) is 1. The molecule has 104 valence electrons. The van der Waals surface area contributed by atoms with Crippen molar-refractivity contribution in [2.24, 2.45) is 0 Å². The Labute approximate surface area is 128 Å². The van der Waals surface area contributed by atoms with Crippen molar-refractivity contribution in [2.75, 3.05) is 5.32 Å². The lowest BCUT2D eigenvalue weighted by Gasteiger charge is -2.06. The van der Waals surface area contributed by atoms with Crippen LogP contribution in [0, 0.1) is 5.82 Å². The van der Waals surface area contributed by atoms with E-state index in [4.69, 9.17) is 0 Å². The highest BCUT2D eigenvalue weighted by molar-refractivity contribution is 9.10. The highest BCUT2D eigenvalue weighted by Crippen LogP contribution is 2.20. The van der Waals surface area contributed by atoms with Gasteiger partial charge in [0.15, 0.2) is 0 Å². The summed E-state index contributed by atoms with van der Waals surface area (Å²) >= 11 is 3.39. The Kier molecular flexibility index (Phi) is 3.66. The molecule has 21 heavy (non-hydrogen) atoms. The third-order valence-electron chi connectivity index (χ3n) is 3.00. The van der Waals surface area contributed by atoms with E-state index in [0.717, 1.165) is 15.2 Å². The second-order valence-electron chi connectivity index (χ2n) is 4.53. The summed E-state index contributed by atoms with van der Waals surface area (Å²) in [7, 11) is 0. The van der Waals surface area contributed by atoms with Crippen LogP contribution in [0.5, 0.6) is 0 Å². The number of hydrogen-bond donors (Lipinski definition) is 1. The molecule has 3 aromatic rings. The molecule has 1 N–H and O–H groups in total. The highest BCUT2D eigenvalue weighted by atomic mass is 79.9. The molecular formula is C16H10BrFN2O. The molecular weight excluding hydrogens is 335 g/mol. The first-order valence-electron chi connectivity index (χ1n) is 6.24. The highest BCUT2D eigenvalue weighted by Gasteiger charge is 2.09. The standard InChI is InChI=1S/C16H10BrFN2O/c17-12-5-4-10-7-15(19-9-11(10)6-12)16(21)20-14-3-1-2-13(18)8-14/h1-9H,(H,20,21). The molecule has 0 saturated heterocycles. The lowest BCUT2D eigenvalue weighted by Crippen LogP contribution is -2.13. The molecule has 3 rings (SSSR count). The van der Waals surface area contributed by atoms with Crippen LogP contribution in [-0.4, -0.2) is 10.9 Å². The van der Waals surface area contributed by atoms with Crippen molar-refractivity contribution < 1.29 is 9.18 Å². The molecule has 0 unspecified atom stereocenters. The first-order chi connectivity index (χ1) is 10.1. The molecule has 1 amide bonds. The van der Waals surface area contributed by atoms with E-state index in [0.29, 0.717) is 5.69 Å². The summed E-state index contributed by atoms with van der Waals surface area (Å²) in [6, 6.07) is 13.2. The van der Waals surface area contributed by atoms with E-state index in [2.05, 4.69) is 26.2 Å². The van der Waals surface area contributed by atoms with Crippen LogP contribution in [0.2, 0.25) is 0 Å². The third-order valence-corrected chi connectivity index (χ3v) is 3.49. The van der Waals surface area contributed by atoms with Crippen molar-refractivity contribution in [1.82, 2.24) is 4.98 Å². The Hall–Kier alpha value is -2.27. The zero-order valence-corrected chi connectivity index (χ0v) is 12.4. The Morgan fingerprint density at radius 1 is 1.10 bits per heavy atom. The quantitative estimate of drug-likeness (QED) is 0.749. The number of anilines is 1. The van der Waals surface area contributed by atoms with E-state index >= 15 is 0 Å². The summed E-state index contributed by atoms with van der Waals surface area (Å²) in [5, 5.41) is 4.48. The number of carbonyl (C=O) groups is 1. The lowest BCUT2D eigenvalue weighted by atomic mass is 10.1. The topological polar surface area (TPSA) is 42.0 Å². The molecule has 0 atom stereocenters. The van der Waals surface area contributed by atoms with Crippen molar-refractivity contribution >= 4 is 38.3 Å². The Bertz CT molecular complexity index is 835. The maximum Gasteiger partial charge on any atom is 0.274 e. The number of hydrogen-bond acceptors (Lipinski definition) is 2. The van der Waals surface area contributed by atoms with Crippen LogP contribution >= 0.6 is 15.9 Å². The molecule has 1 heterocycles. The number of benzene rings is 2. The summed E-state index contributed by atoms with van der Waals surface area (Å²) in [6.07, 6.45) is 1.64. The predicted molar refractivity (Wildman–Crippen MR) is 83.8 cm³/mol. The number of halogens is 2. The van der Waals surface area contributed by atoms with Gasteiger partial charge < -0.3 is 5.32 Å². The third kappa shape index (κ3) is 3.08. The fraction of sp³-hybridized carbons (Fsp3) is 0. The van der Waals surface area contributed by atoms with Crippen LogP contribution < -0.4 is 5.32 Å². The maximum absolute atomic E-state index is 13.1. The molecule has 0 radical (unpaired) electrons. The number of nitrogens with zero attached hydrogens (tertiary/aromatic N) is 1. The summed E-state index contributed by atoms with van der Waals surface area (Å²) in [6.45, 7) is 0. The fourth-order valence-corrected chi connectivity index (χ4v) is 2.38. The molecule has 0 aliphatic heterocycles. The average molecular weight is 345 g/mol. The van der Waals surface area contributed by atoms with Gasteiger partial charge in [-0.25, -0.2) is 4.39 Å². The normalized spacial score (nSPS) is 10.6. The van der Waals surface area contributed by atoms with Gasteiger partial charge in [0, 0.05) is 21.7 Å². The van der Waals surface area contributed by atoms with E-state index in [1.54, 1.807) is 18.3 Å². The number of fused-ring (bicyclic) bond motifs is 1. The summed E-state index contributed by atoms with van der Waals surface area (Å²) < 4.78 is 14.0. The largest absolute Gasteiger partial charge is 0.321 e.